The van der Waals surface area contributed by atoms with Gasteiger partial charge in [0.25, 0.3) is 5.91 Å². The van der Waals surface area contributed by atoms with E-state index in [0.717, 1.165) is 38.2 Å². The molecule has 2 heterocycles. The summed E-state index contributed by atoms with van der Waals surface area (Å²) in [4.78, 5) is 18.1. The third-order valence-electron chi connectivity index (χ3n) is 5.08. The van der Waals surface area contributed by atoms with Crippen molar-refractivity contribution >= 4 is 55.2 Å². The van der Waals surface area contributed by atoms with Crippen molar-refractivity contribution in [3.05, 3.63) is 81.3 Å². The van der Waals surface area contributed by atoms with Crippen molar-refractivity contribution in [3.8, 4) is 0 Å². The molecule has 0 saturated heterocycles. The highest BCUT2D eigenvalue weighted by Gasteiger charge is 2.34. The summed E-state index contributed by atoms with van der Waals surface area (Å²) in [7, 11) is 0. The molecule has 150 valence electrons. The first-order valence-electron chi connectivity index (χ1n) is 9.82. The van der Waals surface area contributed by atoms with E-state index in [-0.39, 0.29) is 5.91 Å². The minimum atomic E-state index is -0.401. The van der Waals surface area contributed by atoms with E-state index in [1.807, 2.05) is 30.3 Å². The Bertz CT molecular complexity index is 1320. The molecule has 30 heavy (non-hydrogen) atoms. The van der Waals surface area contributed by atoms with Gasteiger partial charge < -0.3 is 0 Å². The molecule has 0 fully saturated rings. The number of rotatable bonds is 3. The molecule has 1 N–H and O–H groups in total. The predicted molar refractivity (Wildman–Crippen MR) is 125 cm³/mol. The van der Waals surface area contributed by atoms with Crippen molar-refractivity contribution in [3.63, 3.8) is 0 Å². The highest BCUT2D eigenvalue weighted by Crippen LogP contribution is 2.32. The molecule has 2 aliphatic heterocycles. The Labute approximate surface area is 186 Å². The van der Waals surface area contributed by atoms with Gasteiger partial charge in [-0.05, 0) is 47.0 Å². The van der Waals surface area contributed by atoms with Crippen LogP contribution in [0.15, 0.2) is 75.2 Å². The van der Waals surface area contributed by atoms with Gasteiger partial charge in [-0.15, -0.1) is 5.10 Å². The first kappa shape index (κ1) is 19.3. The molecule has 1 atom stereocenters. The molecule has 0 spiro atoms. The van der Waals surface area contributed by atoms with Gasteiger partial charge >= 0.3 is 0 Å². The second-order valence-electron chi connectivity index (χ2n) is 7.17. The van der Waals surface area contributed by atoms with Crippen molar-refractivity contribution < 1.29 is 4.79 Å². The smallest absolute Gasteiger partial charge is 0.276 e. The van der Waals surface area contributed by atoms with Gasteiger partial charge in [-0.2, -0.15) is 0 Å². The number of carbonyl (C=O) groups excluding carboxylic acids is 1. The van der Waals surface area contributed by atoms with E-state index in [2.05, 4.69) is 58.5 Å². The second kappa shape index (κ2) is 7.89. The summed E-state index contributed by atoms with van der Waals surface area (Å²) in [6.45, 7) is 2.11. The molecule has 5 rings (SSSR count). The van der Waals surface area contributed by atoms with Crippen LogP contribution in [0, 0.1) is 0 Å². The number of amides is 1. The zero-order chi connectivity index (χ0) is 20.7. The fraction of sp³-hybridized carbons (Fsp3) is 0.174. The van der Waals surface area contributed by atoms with E-state index < -0.39 is 6.17 Å². The molecule has 0 bridgehead atoms. The van der Waals surface area contributed by atoms with E-state index >= 15 is 0 Å². The molecule has 0 saturated carbocycles. The van der Waals surface area contributed by atoms with Crippen LogP contribution in [0.1, 0.15) is 25.1 Å². The third kappa shape index (κ3) is 3.42. The lowest BCUT2D eigenvalue weighted by atomic mass is 10.0. The standard InChI is InChI=1S/C23H19BrN4OS/c1-2-11-30-23-26-22(29)20-18-13-17(24)9-10-19(18)25-21(28(20)27-23)16-8-7-14-5-3-4-6-15(14)12-16/h3-10,12-13,21H,2,11H2,1H3,(H,26,27,29)/t21-/m1/s1. The molecular weight excluding hydrogens is 460 g/mol. The van der Waals surface area contributed by atoms with Gasteiger partial charge in [-0.1, -0.05) is 71.0 Å². The second-order valence-corrected chi connectivity index (χ2v) is 9.17. The van der Waals surface area contributed by atoms with Crippen LogP contribution < -0.4 is 15.9 Å². The van der Waals surface area contributed by atoms with Gasteiger partial charge in [0.15, 0.2) is 11.3 Å². The highest BCUT2D eigenvalue weighted by molar-refractivity contribution is 9.10. The van der Waals surface area contributed by atoms with E-state index in [9.17, 15) is 4.79 Å². The number of fused-ring (bicyclic) bond motifs is 3. The number of thioether (sulfide) groups is 1. The van der Waals surface area contributed by atoms with Crippen LogP contribution in [-0.4, -0.2) is 21.8 Å². The summed E-state index contributed by atoms with van der Waals surface area (Å²) in [6.07, 6.45) is 0.603. The number of amidine groups is 1. The van der Waals surface area contributed by atoms with Crippen molar-refractivity contribution in [1.29, 1.82) is 0 Å². The minimum absolute atomic E-state index is 0.149. The number of hydrogen-bond acceptors (Lipinski definition) is 5. The average molecular weight is 479 g/mol. The maximum Gasteiger partial charge on any atom is 0.276 e. The first-order chi connectivity index (χ1) is 14.6. The topological polar surface area (TPSA) is 57.1 Å². The van der Waals surface area contributed by atoms with Crippen LogP contribution >= 0.6 is 27.7 Å². The molecule has 2 aliphatic rings. The Kier molecular flexibility index (Phi) is 5.08. The lowest BCUT2D eigenvalue weighted by molar-refractivity contribution is -0.116. The zero-order valence-electron chi connectivity index (χ0n) is 16.3. The molecule has 0 aliphatic carbocycles. The summed E-state index contributed by atoms with van der Waals surface area (Å²) in [5, 5.41) is 14.0. The van der Waals surface area contributed by atoms with Crippen molar-refractivity contribution in [1.82, 2.24) is 10.3 Å². The number of hydrogen-bond donors (Lipinski definition) is 1. The highest BCUT2D eigenvalue weighted by atomic mass is 79.9. The van der Waals surface area contributed by atoms with Crippen LogP contribution in [0.25, 0.3) is 16.5 Å². The van der Waals surface area contributed by atoms with Gasteiger partial charge in [-0.25, -0.2) is 5.01 Å². The van der Waals surface area contributed by atoms with E-state index in [1.165, 1.54) is 5.39 Å². The number of hydrazone groups is 1. The monoisotopic (exact) mass is 478 g/mol. The number of nitrogens with one attached hydrogen (secondary N) is 1. The van der Waals surface area contributed by atoms with E-state index in [1.54, 1.807) is 16.8 Å². The number of halogens is 1. The van der Waals surface area contributed by atoms with Gasteiger partial charge in [0, 0.05) is 15.4 Å². The molecule has 3 aromatic rings. The number of benzene rings is 3. The van der Waals surface area contributed by atoms with Crippen LogP contribution in [0.4, 0.5) is 0 Å². The maximum atomic E-state index is 13.1. The van der Waals surface area contributed by atoms with Crippen LogP contribution in [0.5, 0.6) is 0 Å². The average Bonchev–Trinajstić information content (AvgIpc) is 2.76. The minimum Gasteiger partial charge on any atom is -0.298 e. The number of carbonyl (C=O) groups is 1. The molecular formula is C23H19BrN4OS. The fourth-order valence-electron chi connectivity index (χ4n) is 3.70. The normalized spacial score (nSPS) is 17.7. The Morgan fingerprint density at radius 3 is 2.77 bits per heavy atom. The van der Waals surface area contributed by atoms with Crippen molar-refractivity contribution in [2.45, 2.75) is 19.5 Å². The SMILES string of the molecule is CCCSC1=NN2C(=c3cc(Br)ccc3=N[C@H]2c2ccc3ccccc3c2)C(=O)N1. The first-order valence-corrected chi connectivity index (χ1v) is 11.6. The molecule has 0 unspecified atom stereocenters. The van der Waals surface area contributed by atoms with E-state index in [0.29, 0.717) is 10.9 Å². The van der Waals surface area contributed by atoms with Gasteiger partial charge in [0.2, 0.25) is 0 Å². The van der Waals surface area contributed by atoms with Crippen molar-refractivity contribution in [2.24, 2.45) is 10.1 Å². The van der Waals surface area contributed by atoms with Gasteiger partial charge in [-0.3, -0.25) is 15.1 Å². The van der Waals surface area contributed by atoms with Crippen LogP contribution in [0.2, 0.25) is 0 Å². The zero-order valence-corrected chi connectivity index (χ0v) is 18.7. The summed E-state index contributed by atoms with van der Waals surface area (Å²) < 4.78 is 0.899. The fourth-order valence-corrected chi connectivity index (χ4v) is 4.77. The Balaban J connectivity index is 1.71. The van der Waals surface area contributed by atoms with Crippen molar-refractivity contribution in [2.75, 3.05) is 5.75 Å². The number of nitrogens with zero attached hydrogens (tertiary/aromatic N) is 3. The predicted octanol–water partition coefficient (Wildman–Crippen LogP) is 3.89. The Hall–Kier alpha value is -2.64. The molecule has 5 nitrogen and oxygen atoms in total. The lowest BCUT2D eigenvalue weighted by Crippen LogP contribution is -2.50. The van der Waals surface area contributed by atoms with Crippen LogP contribution in [-0.2, 0) is 4.79 Å². The molecule has 0 radical (unpaired) electrons. The quantitative estimate of drug-likeness (QED) is 0.621. The van der Waals surface area contributed by atoms with Gasteiger partial charge in [0.1, 0.15) is 5.70 Å². The summed E-state index contributed by atoms with van der Waals surface area (Å²) in [6, 6.07) is 20.3. The summed E-state index contributed by atoms with van der Waals surface area (Å²) in [5.74, 6) is 0.742. The Morgan fingerprint density at radius 2 is 1.93 bits per heavy atom. The van der Waals surface area contributed by atoms with Crippen LogP contribution in [0.3, 0.4) is 0 Å². The lowest BCUT2D eigenvalue weighted by Gasteiger charge is -2.34. The Morgan fingerprint density at radius 1 is 1.10 bits per heavy atom. The molecule has 0 aromatic heterocycles. The molecule has 3 aromatic carbocycles. The van der Waals surface area contributed by atoms with E-state index in [4.69, 9.17) is 10.1 Å². The maximum absolute atomic E-state index is 13.1. The molecule has 7 heteroatoms. The summed E-state index contributed by atoms with van der Waals surface area (Å²) in [5.41, 5.74) is 1.53. The third-order valence-corrected chi connectivity index (χ3v) is 6.65. The summed E-state index contributed by atoms with van der Waals surface area (Å²) >= 11 is 5.07. The largest absolute Gasteiger partial charge is 0.298 e. The molecule has 1 amide bonds. The van der Waals surface area contributed by atoms with Gasteiger partial charge in [0.05, 0.1) is 5.36 Å².